The molecule has 1 fully saturated rings. The number of alkyl halides is 2. The maximum Gasteiger partial charge on any atom is 0.341 e. The molecular formula is C24H24F3N2O5S-. The maximum absolute atomic E-state index is 14.1. The molecule has 0 amide bonds. The molecule has 3 atom stereocenters. The smallest absolute Gasteiger partial charge is 0.341 e. The second-order valence-electron chi connectivity index (χ2n) is 8.36. The van der Waals surface area contributed by atoms with Crippen molar-refractivity contribution in [2.75, 3.05) is 30.5 Å². The largest absolute Gasteiger partial charge is 0.755 e. The van der Waals surface area contributed by atoms with Crippen LogP contribution in [0.3, 0.4) is 0 Å². The van der Waals surface area contributed by atoms with E-state index in [9.17, 15) is 31.8 Å². The summed E-state index contributed by atoms with van der Waals surface area (Å²) in [7, 11) is 0. The van der Waals surface area contributed by atoms with Gasteiger partial charge in [0.25, 0.3) is 5.92 Å². The van der Waals surface area contributed by atoms with Crippen molar-refractivity contribution >= 4 is 34.7 Å². The van der Waals surface area contributed by atoms with Gasteiger partial charge in [-0.05, 0) is 37.4 Å². The van der Waals surface area contributed by atoms with E-state index in [2.05, 4.69) is 4.90 Å². The summed E-state index contributed by atoms with van der Waals surface area (Å²) in [5.41, 5.74) is -0.608. The second kappa shape index (κ2) is 9.63. The van der Waals surface area contributed by atoms with E-state index in [1.54, 1.807) is 12.2 Å². The van der Waals surface area contributed by atoms with Crippen LogP contribution in [0.1, 0.15) is 41.3 Å². The van der Waals surface area contributed by atoms with Crippen LogP contribution in [0, 0.1) is 11.7 Å². The van der Waals surface area contributed by atoms with Crippen molar-refractivity contribution in [3.8, 4) is 5.75 Å². The zero-order valence-electron chi connectivity index (χ0n) is 19.0. The SMILES string of the molecule is CCN(CC)CC=Cc1cc(F)ccc1N(c1ccc2c(c1C(=O)O)OCC1C2C1(F)F)S(=O)[O-]. The van der Waals surface area contributed by atoms with Gasteiger partial charge in [0.05, 0.1) is 41.1 Å². The molecule has 35 heavy (non-hydrogen) atoms. The molecule has 0 saturated heterocycles. The number of carboxylic acid groups (broad SMARTS) is 1. The first-order valence-corrected chi connectivity index (χ1v) is 12.1. The van der Waals surface area contributed by atoms with Gasteiger partial charge in [0.15, 0.2) is 0 Å². The van der Waals surface area contributed by atoms with Gasteiger partial charge in [-0.1, -0.05) is 32.1 Å². The molecule has 0 radical (unpaired) electrons. The van der Waals surface area contributed by atoms with E-state index in [-0.39, 0.29) is 34.9 Å². The first-order chi connectivity index (χ1) is 16.6. The van der Waals surface area contributed by atoms with Crippen molar-refractivity contribution in [1.82, 2.24) is 4.90 Å². The molecule has 1 N–H and O–H groups in total. The summed E-state index contributed by atoms with van der Waals surface area (Å²) in [6.45, 7) is 5.70. The normalized spacial score (nSPS) is 20.8. The average molecular weight is 510 g/mol. The third-order valence-electron chi connectivity index (χ3n) is 6.46. The number of fused-ring (bicyclic) bond motifs is 3. The molecule has 1 heterocycles. The van der Waals surface area contributed by atoms with Crippen LogP contribution in [-0.4, -0.2) is 56.9 Å². The molecule has 7 nitrogen and oxygen atoms in total. The zero-order chi connectivity index (χ0) is 25.5. The molecule has 188 valence electrons. The van der Waals surface area contributed by atoms with Crippen LogP contribution in [0.5, 0.6) is 5.75 Å². The minimum Gasteiger partial charge on any atom is -0.755 e. The molecule has 0 spiro atoms. The van der Waals surface area contributed by atoms with Crippen LogP contribution in [0.4, 0.5) is 24.5 Å². The Morgan fingerprint density at radius 3 is 2.57 bits per heavy atom. The Bertz CT molecular complexity index is 1200. The Hall–Kier alpha value is -2.89. The molecule has 1 aliphatic carbocycles. The van der Waals surface area contributed by atoms with Gasteiger partial charge >= 0.3 is 5.97 Å². The number of halogens is 3. The fraction of sp³-hybridized carbons (Fsp3) is 0.375. The van der Waals surface area contributed by atoms with Crippen LogP contribution < -0.4 is 9.04 Å². The minimum atomic E-state index is -3.03. The van der Waals surface area contributed by atoms with E-state index >= 15 is 0 Å². The molecule has 2 aromatic carbocycles. The Kier molecular flexibility index (Phi) is 6.94. The number of carboxylic acids is 1. The van der Waals surface area contributed by atoms with Gasteiger partial charge in [-0.3, -0.25) is 8.51 Å². The van der Waals surface area contributed by atoms with Crippen molar-refractivity contribution < 1.29 is 36.6 Å². The van der Waals surface area contributed by atoms with E-state index in [0.717, 1.165) is 25.2 Å². The first-order valence-electron chi connectivity index (χ1n) is 11.1. The van der Waals surface area contributed by atoms with Gasteiger partial charge in [-0.25, -0.2) is 18.0 Å². The molecule has 2 aromatic rings. The van der Waals surface area contributed by atoms with E-state index in [1.807, 2.05) is 13.8 Å². The Morgan fingerprint density at radius 2 is 1.94 bits per heavy atom. The molecule has 4 rings (SSSR count). The van der Waals surface area contributed by atoms with Crippen LogP contribution >= 0.6 is 0 Å². The van der Waals surface area contributed by atoms with Gasteiger partial charge in [0.1, 0.15) is 17.1 Å². The van der Waals surface area contributed by atoms with Crippen LogP contribution in [0.15, 0.2) is 36.4 Å². The van der Waals surface area contributed by atoms with E-state index in [4.69, 9.17) is 4.74 Å². The molecular weight excluding hydrogens is 485 g/mol. The lowest BCUT2D eigenvalue weighted by Gasteiger charge is -2.31. The number of hydrogen-bond acceptors (Lipinski definition) is 5. The number of ether oxygens (including phenoxy) is 1. The maximum atomic E-state index is 14.1. The highest BCUT2D eigenvalue weighted by molar-refractivity contribution is 7.81. The highest BCUT2D eigenvalue weighted by atomic mass is 32.2. The minimum absolute atomic E-state index is 0.00316. The third-order valence-corrected chi connectivity index (χ3v) is 7.15. The summed E-state index contributed by atoms with van der Waals surface area (Å²) >= 11 is -3.03. The summed E-state index contributed by atoms with van der Waals surface area (Å²) in [5, 5.41) is 9.92. The molecule has 2 aliphatic rings. The summed E-state index contributed by atoms with van der Waals surface area (Å²) in [6.07, 6.45) is 3.31. The zero-order valence-corrected chi connectivity index (χ0v) is 19.9. The molecule has 3 unspecified atom stereocenters. The highest BCUT2D eigenvalue weighted by Gasteiger charge is 2.71. The molecule has 0 aromatic heterocycles. The van der Waals surface area contributed by atoms with Crippen LogP contribution in [0.2, 0.25) is 0 Å². The molecule has 1 aliphatic heterocycles. The van der Waals surface area contributed by atoms with Crippen molar-refractivity contribution in [1.29, 1.82) is 0 Å². The van der Waals surface area contributed by atoms with Gasteiger partial charge < -0.3 is 19.3 Å². The number of hydrogen-bond donors (Lipinski definition) is 1. The fourth-order valence-electron chi connectivity index (χ4n) is 4.50. The quantitative estimate of drug-likeness (QED) is 0.499. The number of aromatic carboxylic acids is 1. The summed E-state index contributed by atoms with van der Waals surface area (Å²) < 4.78 is 73.2. The topological polar surface area (TPSA) is 93.1 Å². The number of rotatable bonds is 9. The van der Waals surface area contributed by atoms with Crippen molar-refractivity contribution in [3.05, 3.63) is 58.9 Å². The lowest BCUT2D eigenvalue weighted by molar-refractivity contribution is 0.0691. The Morgan fingerprint density at radius 1 is 1.26 bits per heavy atom. The number of benzene rings is 2. The first kappa shape index (κ1) is 25.2. The van der Waals surface area contributed by atoms with Gasteiger partial charge in [0, 0.05) is 17.7 Å². The highest BCUT2D eigenvalue weighted by Crippen LogP contribution is 2.66. The lowest BCUT2D eigenvalue weighted by Crippen LogP contribution is -2.24. The molecule has 1 saturated carbocycles. The fourth-order valence-corrected chi connectivity index (χ4v) is 5.14. The second-order valence-corrected chi connectivity index (χ2v) is 9.16. The monoisotopic (exact) mass is 509 g/mol. The van der Waals surface area contributed by atoms with E-state index in [0.29, 0.717) is 10.8 Å². The van der Waals surface area contributed by atoms with E-state index < -0.39 is 46.4 Å². The molecule has 0 bridgehead atoms. The Balaban J connectivity index is 1.82. The van der Waals surface area contributed by atoms with Crippen molar-refractivity contribution in [2.45, 2.75) is 25.7 Å². The van der Waals surface area contributed by atoms with Gasteiger partial charge in [-0.2, -0.15) is 0 Å². The van der Waals surface area contributed by atoms with Crippen molar-refractivity contribution in [3.63, 3.8) is 0 Å². The number of nitrogens with zero attached hydrogens (tertiary/aromatic N) is 2. The predicted molar refractivity (Wildman–Crippen MR) is 124 cm³/mol. The number of likely N-dealkylation sites (N-methyl/N-ethyl adjacent to an activating group) is 1. The summed E-state index contributed by atoms with van der Waals surface area (Å²) in [6, 6.07) is 5.86. The summed E-state index contributed by atoms with van der Waals surface area (Å²) in [5.74, 6) is -7.63. The van der Waals surface area contributed by atoms with Crippen LogP contribution in [-0.2, 0) is 11.3 Å². The number of anilines is 2. The predicted octanol–water partition coefficient (Wildman–Crippen LogP) is 4.55. The van der Waals surface area contributed by atoms with Crippen molar-refractivity contribution in [2.24, 2.45) is 5.92 Å². The third kappa shape index (κ3) is 4.55. The average Bonchev–Trinajstić information content (AvgIpc) is 3.38. The standard InChI is InChI=1S/C24H25F3N2O5S/c1-3-28(4-2)11-5-6-14-12-15(25)7-9-18(14)29(35(32)33)19-10-8-16-21-17(24(21,26)27)13-34-22(16)20(19)23(30)31/h5-10,12,17,21H,3-4,11,13H2,1-2H3,(H,30,31)(H,32,33)/p-1. The van der Waals surface area contributed by atoms with Crippen LogP contribution in [0.25, 0.3) is 6.08 Å². The van der Waals surface area contributed by atoms with Gasteiger partial charge in [0.2, 0.25) is 0 Å². The van der Waals surface area contributed by atoms with E-state index in [1.165, 1.54) is 18.2 Å². The Labute approximate surface area is 203 Å². The van der Waals surface area contributed by atoms with Gasteiger partial charge in [-0.15, -0.1) is 0 Å². The number of carbonyl (C=O) groups is 1. The summed E-state index contributed by atoms with van der Waals surface area (Å²) in [4.78, 5) is 14.3. The lowest BCUT2D eigenvalue weighted by atomic mass is 9.99. The molecule has 11 heteroatoms.